The van der Waals surface area contributed by atoms with Gasteiger partial charge in [-0.15, -0.1) is 11.8 Å². The van der Waals surface area contributed by atoms with E-state index in [9.17, 15) is 10.2 Å². The molecule has 1 saturated heterocycles. The first kappa shape index (κ1) is 9.32. The Morgan fingerprint density at radius 2 is 2.09 bits per heavy atom. The van der Waals surface area contributed by atoms with Gasteiger partial charge in [0, 0.05) is 6.42 Å². The molecule has 11 heavy (non-hydrogen) atoms. The highest BCUT2D eigenvalue weighted by Crippen LogP contribution is 2.25. The van der Waals surface area contributed by atoms with Crippen LogP contribution in [0.3, 0.4) is 0 Å². The van der Waals surface area contributed by atoms with Crippen molar-refractivity contribution in [1.29, 1.82) is 0 Å². The normalized spacial score (nSPS) is 45.8. The predicted octanol–water partition coefficient (Wildman–Crippen LogP) is 0.206. The summed E-state index contributed by atoms with van der Waals surface area (Å²) in [6, 6.07) is 0. The third-order valence-corrected chi connectivity index (χ3v) is 2.70. The van der Waals surface area contributed by atoms with Crippen molar-refractivity contribution in [1.82, 2.24) is 0 Å². The number of rotatable bonds is 1. The monoisotopic (exact) mass is 178 g/mol. The van der Waals surface area contributed by atoms with Gasteiger partial charge in [0.2, 0.25) is 0 Å². The Labute approximate surface area is 70.7 Å². The van der Waals surface area contributed by atoms with E-state index in [1.54, 1.807) is 0 Å². The number of ether oxygens (including phenoxy) is 1. The number of hydrogen-bond acceptors (Lipinski definition) is 4. The largest absolute Gasteiger partial charge is 0.390 e. The van der Waals surface area contributed by atoms with Gasteiger partial charge in [-0.1, -0.05) is 0 Å². The van der Waals surface area contributed by atoms with Crippen LogP contribution >= 0.6 is 11.8 Å². The van der Waals surface area contributed by atoms with Crippen molar-refractivity contribution < 1.29 is 14.9 Å². The van der Waals surface area contributed by atoms with Crippen LogP contribution in [0.5, 0.6) is 0 Å². The zero-order valence-electron chi connectivity index (χ0n) is 6.73. The summed E-state index contributed by atoms with van der Waals surface area (Å²) in [4.78, 5) is 0. The fourth-order valence-corrected chi connectivity index (χ4v) is 1.98. The zero-order chi connectivity index (χ0) is 8.43. The fourth-order valence-electron chi connectivity index (χ4n) is 1.22. The van der Waals surface area contributed by atoms with Crippen LogP contribution < -0.4 is 0 Å². The molecule has 4 atom stereocenters. The molecule has 3 nitrogen and oxygen atoms in total. The molecule has 0 radical (unpaired) electrons. The SMILES string of the molecule is CSC1OC(C)CC(O)C1O. The molecule has 1 heterocycles. The van der Waals surface area contributed by atoms with E-state index in [1.165, 1.54) is 11.8 Å². The Kier molecular flexibility index (Phi) is 3.18. The van der Waals surface area contributed by atoms with Gasteiger partial charge < -0.3 is 14.9 Å². The summed E-state index contributed by atoms with van der Waals surface area (Å²) in [5, 5.41) is 18.7. The molecule has 0 aromatic rings. The van der Waals surface area contributed by atoms with E-state index < -0.39 is 12.2 Å². The van der Waals surface area contributed by atoms with Crippen molar-refractivity contribution in [2.75, 3.05) is 6.26 Å². The Morgan fingerprint density at radius 3 is 2.64 bits per heavy atom. The minimum Gasteiger partial charge on any atom is -0.390 e. The second-order valence-electron chi connectivity index (χ2n) is 2.84. The third kappa shape index (κ3) is 2.08. The molecule has 4 heteroatoms. The number of aliphatic hydroxyl groups excluding tert-OH is 2. The van der Waals surface area contributed by atoms with Crippen LogP contribution in [0.1, 0.15) is 13.3 Å². The summed E-state index contributed by atoms with van der Waals surface area (Å²) >= 11 is 1.43. The van der Waals surface area contributed by atoms with Gasteiger partial charge in [0.15, 0.2) is 0 Å². The first-order valence-corrected chi connectivity index (χ1v) is 4.98. The lowest BCUT2D eigenvalue weighted by atomic mass is 10.1. The number of thioether (sulfide) groups is 1. The standard InChI is InChI=1S/C7H14O3S/c1-4-3-5(8)6(9)7(10-4)11-2/h4-9H,3H2,1-2H3. The van der Waals surface area contributed by atoms with Gasteiger partial charge in [0.1, 0.15) is 11.5 Å². The minimum absolute atomic E-state index is 0.0471. The maximum Gasteiger partial charge on any atom is 0.131 e. The van der Waals surface area contributed by atoms with Crippen molar-refractivity contribution in [2.45, 2.75) is 37.1 Å². The van der Waals surface area contributed by atoms with Crippen LogP contribution in [0.15, 0.2) is 0 Å². The quantitative estimate of drug-likeness (QED) is 0.602. The molecular weight excluding hydrogens is 164 g/mol. The summed E-state index contributed by atoms with van der Waals surface area (Å²) in [7, 11) is 0. The minimum atomic E-state index is -0.735. The lowest BCUT2D eigenvalue weighted by Gasteiger charge is -2.34. The highest BCUT2D eigenvalue weighted by atomic mass is 32.2. The van der Waals surface area contributed by atoms with Gasteiger partial charge in [-0.05, 0) is 13.2 Å². The lowest BCUT2D eigenvalue weighted by molar-refractivity contribution is -0.129. The second-order valence-corrected chi connectivity index (χ2v) is 3.78. The summed E-state index contributed by atoms with van der Waals surface area (Å²) < 4.78 is 5.37. The van der Waals surface area contributed by atoms with Gasteiger partial charge >= 0.3 is 0 Å². The van der Waals surface area contributed by atoms with E-state index >= 15 is 0 Å². The Morgan fingerprint density at radius 1 is 1.45 bits per heavy atom. The van der Waals surface area contributed by atoms with E-state index in [1.807, 2.05) is 13.2 Å². The first-order valence-electron chi connectivity index (χ1n) is 3.69. The highest BCUT2D eigenvalue weighted by molar-refractivity contribution is 7.99. The molecule has 66 valence electrons. The summed E-state index contributed by atoms with van der Waals surface area (Å²) in [6.07, 6.45) is 1.07. The molecular formula is C7H14O3S. The van der Waals surface area contributed by atoms with Gasteiger partial charge in [-0.25, -0.2) is 0 Å². The fraction of sp³-hybridized carbons (Fsp3) is 1.00. The van der Waals surface area contributed by atoms with Gasteiger partial charge in [-0.2, -0.15) is 0 Å². The van der Waals surface area contributed by atoms with Gasteiger partial charge in [0.25, 0.3) is 0 Å². The van der Waals surface area contributed by atoms with E-state index in [2.05, 4.69) is 0 Å². The Hall–Kier alpha value is 0.230. The smallest absolute Gasteiger partial charge is 0.131 e. The average molecular weight is 178 g/mol. The maximum absolute atomic E-state index is 9.36. The molecule has 2 N–H and O–H groups in total. The predicted molar refractivity (Wildman–Crippen MR) is 44.5 cm³/mol. The molecule has 0 saturated carbocycles. The van der Waals surface area contributed by atoms with Crippen LogP contribution in [0.25, 0.3) is 0 Å². The zero-order valence-corrected chi connectivity index (χ0v) is 7.54. The van der Waals surface area contributed by atoms with Gasteiger partial charge in [-0.3, -0.25) is 0 Å². The van der Waals surface area contributed by atoms with Crippen LogP contribution in [-0.4, -0.2) is 40.2 Å². The Bertz CT molecular complexity index is 131. The second kappa shape index (κ2) is 3.76. The van der Waals surface area contributed by atoms with Crippen molar-refractivity contribution in [2.24, 2.45) is 0 Å². The molecule has 0 bridgehead atoms. The molecule has 0 spiro atoms. The third-order valence-electron chi connectivity index (χ3n) is 1.85. The average Bonchev–Trinajstić information content (AvgIpc) is 1.96. The van der Waals surface area contributed by atoms with Crippen LogP contribution in [-0.2, 0) is 4.74 Å². The van der Waals surface area contributed by atoms with Crippen molar-refractivity contribution in [3.05, 3.63) is 0 Å². The first-order chi connectivity index (χ1) is 5.15. The van der Waals surface area contributed by atoms with E-state index in [-0.39, 0.29) is 11.5 Å². The maximum atomic E-state index is 9.36. The molecule has 0 amide bonds. The molecule has 0 aromatic heterocycles. The van der Waals surface area contributed by atoms with Crippen LogP contribution in [0.4, 0.5) is 0 Å². The summed E-state index contributed by atoms with van der Waals surface area (Å²) in [5.41, 5.74) is -0.270. The summed E-state index contributed by atoms with van der Waals surface area (Å²) in [6.45, 7) is 1.90. The van der Waals surface area contributed by atoms with Crippen molar-refractivity contribution in [3.63, 3.8) is 0 Å². The molecule has 0 aliphatic carbocycles. The number of hydrogen-bond donors (Lipinski definition) is 2. The molecule has 1 rings (SSSR count). The van der Waals surface area contributed by atoms with Crippen molar-refractivity contribution in [3.8, 4) is 0 Å². The molecule has 1 aliphatic rings. The highest BCUT2D eigenvalue weighted by Gasteiger charge is 2.34. The Balaban J connectivity index is 2.51. The number of aliphatic hydroxyl groups is 2. The van der Waals surface area contributed by atoms with E-state index in [0.29, 0.717) is 6.42 Å². The van der Waals surface area contributed by atoms with Crippen LogP contribution in [0, 0.1) is 0 Å². The molecule has 1 aliphatic heterocycles. The van der Waals surface area contributed by atoms with E-state index in [0.717, 1.165) is 0 Å². The van der Waals surface area contributed by atoms with E-state index in [4.69, 9.17) is 4.74 Å². The van der Waals surface area contributed by atoms with Gasteiger partial charge in [0.05, 0.1) is 12.2 Å². The molecule has 1 fully saturated rings. The topological polar surface area (TPSA) is 49.7 Å². The summed E-state index contributed by atoms with van der Waals surface area (Å²) in [5.74, 6) is 0. The van der Waals surface area contributed by atoms with Crippen molar-refractivity contribution >= 4 is 11.8 Å². The lowest BCUT2D eigenvalue weighted by Crippen LogP contribution is -2.45. The molecule has 0 aromatic carbocycles. The van der Waals surface area contributed by atoms with Crippen LogP contribution in [0.2, 0.25) is 0 Å². The molecule has 4 unspecified atom stereocenters.